The fourth-order valence-corrected chi connectivity index (χ4v) is 7.38. The summed E-state index contributed by atoms with van der Waals surface area (Å²) in [6.07, 6.45) is -11.5. The molecule has 0 aliphatic carbocycles. The third-order valence-corrected chi connectivity index (χ3v) is 10.0. The van der Waals surface area contributed by atoms with Gasteiger partial charge in [-0.3, -0.25) is 9.97 Å². The van der Waals surface area contributed by atoms with Crippen molar-refractivity contribution < 1.29 is 26.3 Å². The van der Waals surface area contributed by atoms with Crippen molar-refractivity contribution in [2.45, 2.75) is 45.5 Å². The predicted octanol–water partition coefficient (Wildman–Crippen LogP) is 11.9. The summed E-state index contributed by atoms with van der Waals surface area (Å²) in [5.41, 5.74) is -0.103. The summed E-state index contributed by atoms with van der Waals surface area (Å²) in [6, 6.07) is 28.6. The van der Waals surface area contributed by atoms with Gasteiger partial charge in [0, 0.05) is 44.1 Å². The fraction of sp³-hybridized carbons (Fsp3) is 0.163. The number of hydrogen-bond donors (Lipinski definition) is 0. The van der Waals surface area contributed by atoms with E-state index in [4.69, 9.17) is 9.97 Å². The molecule has 0 fully saturated rings. The molecule has 0 aliphatic rings. The van der Waals surface area contributed by atoms with E-state index >= 15 is 26.3 Å². The van der Waals surface area contributed by atoms with Crippen molar-refractivity contribution in [2.24, 2.45) is 0 Å². The van der Waals surface area contributed by atoms with Gasteiger partial charge in [0.1, 0.15) is 0 Å². The second-order valence-electron chi connectivity index (χ2n) is 13.5. The summed E-state index contributed by atoms with van der Waals surface area (Å²) in [6.45, 7) is 6.70. The topological polar surface area (TPSA) is 51.6 Å². The van der Waals surface area contributed by atoms with E-state index in [1.54, 1.807) is 12.1 Å². The number of hydrogen-bond acceptors (Lipinski definition) is 4. The number of alkyl halides is 6. The molecule has 10 heteroatoms. The summed E-state index contributed by atoms with van der Waals surface area (Å²) >= 11 is 0. The Balaban J connectivity index is 1.26. The summed E-state index contributed by atoms with van der Waals surface area (Å²) in [5, 5.41) is 3.33. The Kier molecular flexibility index (Phi) is 7.80. The van der Waals surface area contributed by atoms with Gasteiger partial charge in [-0.15, -0.1) is 0 Å². The lowest BCUT2D eigenvalue weighted by atomic mass is 9.71. The molecule has 264 valence electrons. The molecular weight excluding hydrogens is 686 g/mol. The monoisotopic (exact) mass is 716 g/mol. The number of rotatable bonds is 4. The predicted molar refractivity (Wildman–Crippen MR) is 197 cm³/mol. The molecule has 0 spiro atoms. The number of nitrogens with zero attached hydrogens (tertiary/aromatic N) is 4. The molecule has 0 bridgehead atoms. The lowest BCUT2D eigenvalue weighted by Gasteiger charge is -2.39. The Morgan fingerprint density at radius 2 is 0.698 bits per heavy atom. The molecule has 0 unspecified atom stereocenters. The van der Waals surface area contributed by atoms with E-state index in [0.717, 1.165) is 57.2 Å². The van der Waals surface area contributed by atoms with Gasteiger partial charge in [-0.1, -0.05) is 84.9 Å². The van der Waals surface area contributed by atoms with Crippen molar-refractivity contribution in [1.82, 2.24) is 19.9 Å². The van der Waals surface area contributed by atoms with E-state index in [-0.39, 0.29) is 11.1 Å². The van der Waals surface area contributed by atoms with Crippen LogP contribution in [0.3, 0.4) is 0 Å². The fourth-order valence-electron chi connectivity index (χ4n) is 7.38. The lowest BCUT2D eigenvalue weighted by Crippen LogP contribution is -2.54. The van der Waals surface area contributed by atoms with Crippen molar-refractivity contribution in [1.29, 1.82) is 0 Å². The molecule has 4 aromatic heterocycles. The Morgan fingerprint density at radius 3 is 1.04 bits per heavy atom. The minimum Gasteiger partial charge on any atom is -0.251 e. The molecule has 4 heterocycles. The molecule has 0 N–H and O–H groups in total. The first-order valence-electron chi connectivity index (χ1n) is 16.9. The first kappa shape index (κ1) is 34.2. The van der Waals surface area contributed by atoms with Crippen LogP contribution in [0, 0.1) is 27.7 Å². The summed E-state index contributed by atoms with van der Waals surface area (Å²) in [7, 11) is 0. The summed E-state index contributed by atoms with van der Waals surface area (Å²) in [5.74, 6) is 0. The van der Waals surface area contributed by atoms with E-state index in [1.165, 1.54) is 26.0 Å². The second kappa shape index (κ2) is 12.1. The number of fused-ring (bicyclic) bond motifs is 6. The maximum Gasteiger partial charge on any atom is 0.411 e. The zero-order chi connectivity index (χ0) is 37.4. The Hall–Kier alpha value is -5.90. The highest BCUT2D eigenvalue weighted by atomic mass is 19.4. The molecule has 0 saturated heterocycles. The third kappa shape index (κ3) is 5.46. The molecule has 53 heavy (non-hydrogen) atoms. The van der Waals surface area contributed by atoms with Crippen molar-refractivity contribution in [2.75, 3.05) is 0 Å². The molecule has 4 aromatic carbocycles. The van der Waals surface area contributed by atoms with Gasteiger partial charge in [-0.05, 0) is 74.2 Å². The van der Waals surface area contributed by atoms with E-state index in [1.807, 2.05) is 74.5 Å². The van der Waals surface area contributed by atoms with Crippen molar-refractivity contribution in [3.63, 3.8) is 0 Å². The van der Waals surface area contributed by atoms with Crippen LogP contribution in [0.15, 0.2) is 109 Å². The van der Waals surface area contributed by atoms with E-state index < -0.39 is 28.9 Å². The highest BCUT2D eigenvalue weighted by molar-refractivity contribution is 6.04. The van der Waals surface area contributed by atoms with Gasteiger partial charge in [0.2, 0.25) is 5.41 Å². The van der Waals surface area contributed by atoms with Crippen LogP contribution in [0.5, 0.6) is 0 Å². The summed E-state index contributed by atoms with van der Waals surface area (Å²) < 4.78 is 91.8. The molecule has 8 aromatic rings. The van der Waals surface area contributed by atoms with Gasteiger partial charge in [-0.25, -0.2) is 9.97 Å². The molecule has 0 amide bonds. The number of aryl methyl sites for hydroxylation is 4. The van der Waals surface area contributed by atoms with Crippen LogP contribution in [0.2, 0.25) is 0 Å². The highest BCUT2D eigenvalue weighted by Crippen LogP contribution is 2.57. The Labute approximate surface area is 300 Å². The van der Waals surface area contributed by atoms with Gasteiger partial charge in [0.05, 0.1) is 33.5 Å². The molecule has 4 nitrogen and oxygen atoms in total. The van der Waals surface area contributed by atoms with Crippen molar-refractivity contribution >= 4 is 43.6 Å². The van der Waals surface area contributed by atoms with Crippen LogP contribution in [-0.4, -0.2) is 32.3 Å². The molecule has 0 radical (unpaired) electrons. The largest absolute Gasteiger partial charge is 0.411 e. The number of aromatic nitrogens is 4. The highest BCUT2D eigenvalue weighted by Gasteiger charge is 2.72. The normalized spacial score (nSPS) is 12.7. The maximum atomic E-state index is 15.3. The minimum absolute atomic E-state index is 0.210. The zero-order valence-electron chi connectivity index (χ0n) is 28.9. The standard InChI is InChI=1S/C43H30F6N4/c1-23-21-31(15-17-33(23)35-19-13-29-11-9-27-7-5-25(3)50-37(27)39(29)52-35)41(42(44,45)46,43(47,48)49)32-16-18-34(24(2)22-32)36-20-14-30-12-10-28-8-6-26(4)51-38(28)40(30)53-36/h5-22H,1-4H3. The van der Waals surface area contributed by atoms with Crippen LogP contribution < -0.4 is 0 Å². The van der Waals surface area contributed by atoms with Gasteiger partial charge in [0.15, 0.2) is 0 Å². The van der Waals surface area contributed by atoms with Gasteiger partial charge in [0.25, 0.3) is 0 Å². The third-order valence-electron chi connectivity index (χ3n) is 10.0. The number of pyridine rings is 4. The average Bonchev–Trinajstić information content (AvgIpc) is 3.10. The van der Waals surface area contributed by atoms with E-state index in [2.05, 4.69) is 9.97 Å². The van der Waals surface area contributed by atoms with Crippen LogP contribution >= 0.6 is 0 Å². The maximum absolute atomic E-state index is 15.3. The SMILES string of the molecule is Cc1ccc2ccc3ccc(-c4ccc(C(c5ccc(-c6ccc7ccc8ccc(C)nc8c7n6)c(C)c5)(C(F)(F)F)C(F)(F)F)cc4C)nc3c2n1. The van der Waals surface area contributed by atoms with Crippen LogP contribution in [0.1, 0.15) is 33.6 Å². The molecular formula is C43H30F6N4. The quantitative estimate of drug-likeness (QED) is 0.134. The van der Waals surface area contributed by atoms with Crippen molar-refractivity contribution in [3.05, 3.63) is 143 Å². The van der Waals surface area contributed by atoms with Crippen LogP contribution in [-0.2, 0) is 5.41 Å². The molecule has 0 atom stereocenters. The minimum atomic E-state index is -5.75. The van der Waals surface area contributed by atoms with Crippen LogP contribution in [0.25, 0.3) is 66.1 Å². The number of halogens is 6. The Morgan fingerprint density at radius 1 is 0.377 bits per heavy atom. The van der Waals surface area contributed by atoms with Gasteiger partial charge in [-0.2, -0.15) is 26.3 Å². The van der Waals surface area contributed by atoms with E-state index in [0.29, 0.717) is 44.6 Å². The lowest BCUT2D eigenvalue weighted by molar-refractivity contribution is -0.288. The number of benzene rings is 4. The van der Waals surface area contributed by atoms with Gasteiger partial charge >= 0.3 is 12.4 Å². The first-order valence-corrected chi connectivity index (χ1v) is 16.9. The van der Waals surface area contributed by atoms with Gasteiger partial charge < -0.3 is 0 Å². The second-order valence-corrected chi connectivity index (χ2v) is 13.5. The first-order chi connectivity index (χ1) is 25.2. The zero-order valence-corrected chi connectivity index (χ0v) is 28.9. The molecule has 8 rings (SSSR count). The van der Waals surface area contributed by atoms with Crippen molar-refractivity contribution in [3.8, 4) is 22.5 Å². The smallest absolute Gasteiger partial charge is 0.251 e. The summed E-state index contributed by atoms with van der Waals surface area (Å²) in [4.78, 5) is 18.9. The Bertz CT molecular complexity index is 2580. The van der Waals surface area contributed by atoms with Crippen LogP contribution in [0.4, 0.5) is 26.3 Å². The molecule has 0 aliphatic heterocycles. The van der Waals surface area contributed by atoms with E-state index in [9.17, 15) is 0 Å². The molecule has 0 saturated carbocycles. The average molecular weight is 717 g/mol.